The Hall–Kier alpha value is -2.67. The summed E-state index contributed by atoms with van der Waals surface area (Å²) in [5, 5.41) is 5.51. The molecule has 2 aromatic carbocycles. The fraction of sp³-hybridized carbons (Fsp3) is 0.348. The molecule has 0 radical (unpaired) electrons. The summed E-state index contributed by atoms with van der Waals surface area (Å²) in [5.74, 6) is -0.737. The molecule has 0 aliphatic heterocycles. The maximum atomic E-state index is 12.3. The topological polar surface area (TPSA) is 78.5 Å². The molecule has 0 aromatic heterocycles. The standard InChI is InChI=1S/C23H28BrN3O3/c1-23(2,3)17-11-9-16(10-12-17)22(30)25-14-13-21(29)27(4)15-20(28)26-19-8-6-5-7-18(19)24/h5-12H,13-15H2,1-4H3,(H,25,30)(H,26,28). The van der Waals surface area contributed by atoms with Gasteiger partial charge in [0.2, 0.25) is 11.8 Å². The lowest BCUT2D eigenvalue weighted by molar-refractivity contribution is -0.133. The normalized spacial score (nSPS) is 11.0. The van der Waals surface area contributed by atoms with Crippen LogP contribution in [-0.4, -0.2) is 42.8 Å². The van der Waals surface area contributed by atoms with Gasteiger partial charge in [-0.05, 0) is 51.2 Å². The molecule has 0 fully saturated rings. The Bertz CT molecular complexity index is 905. The van der Waals surface area contributed by atoms with Crippen LogP contribution in [-0.2, 0) is 15.0 Å². The first-order chi connectivity index (χ1) is 14.1. The summed E-state index contributed by atoms with van der Waals surface area (Å²) in [6.45, 7) is 6.48. The first kappa shape index (κ1) is 23.6. The van der Waals surface area contributed by atoms with Gasteiger partial charge in [-0.15, -0.1) is 0 Å². The molecule has 0 heterocycles. The van der Waals surface area contributed by atoms with Gasteiger partial charge < -0.3 is 15.5 Å². The summed E-state index contributed by atoms with van der Waals surface area (Å²) in [5.41, 5.74) is 2.37. The summed E-state index contributed by atoms with van der Waals surface area (Å²) in [7, 11) is 1.56. The molecule has 0 aliphatic carbocycles. The van der Waals surface area contributed by atoms with Crippen LogP contribution in [0.25, 0.3) is 0 Å². The maximum Gasteiger partial charge on any atom is 0.251 e. The van der Waals surface area contributed by atoms with E-state index in [0.29, 0.717) is 11.3 Å². The lowest BCUT2D eigenvalue weighted by Gasteiger charge is -2.19. The molecule has 0 bridgehead atoms. The van der Waals surface area contributed by atoms with Crippen molar-refractivity contribution < 1.29 is 14.4 Å². The highest BCUT2D eigenvalue weighted by atomic mass is 79.9. The van der Waals surface area contributed by atoms with Crippen LogP contribution in [0.5, 0.6) is 0 Å². The van der Waals surface area contributed by atoms with Crippen LogP contribution in [0.1, 0.15) is 43.1 Å². The van der Waals surface area contributed by atoms with E-state index in [1.165, 1.54) is 4.90 Å². The molecule has 2 aromatic rings. The number of amides is 3. The van der Waals surface area contributed by atoms with Crippen molar-refractivity contribution in [2.75, 3.05) is 25.5 Å². The predicted octanol–water partition coefficient (Wildman–Crippen LogP) is 3.96. The van der Waals surface area contributed by atoms with Gasteiger partial charge in [-0.3, -0.25) is 14.4 Å². The third-order valence-corrected chi connectivity index (χ3v) is 5.28. The van der Waals surface area contributed by atoms with E-state index in [0.717, 1.165) is 10.0 Å². The second-order valence-electron chi connectivity index (χ2n) is 8.11. The third-order valence-electron chi connectivity index (χ3n) is 4.59. The van der Waals surface area contributed by atoms with Crippen LogP contribution in [0.3, 0.4) is 0 Å². The number of halogens is 1. The van der Waals surface area contributed by atoms with Crippen molar-refractivity contribution in [3.8, 4) is 0 Å². The lowest BCUT2D eigenvalue weighted by atomic mass is 9.87. The average molecular weight is 474 g/mol. The number of nitrogens with one attached hydrogen (secondary N) is 2. The number of hydrogen-bond acceptors (Lipinski definition) is 3. The van der Waals surface area contributed by atoms with Gasteiger partial charge in [0.1, 0.15) is 0 Å². The minimum Gasteiger partial charge on any atom is -0.352 e. The van der Waals surface area contributed by atoms with Crippen LogP contribution in [0.2, 0.25) is 0 Å². The molecule has 2 rings (SSSR count). The van der Waals surface area contributed by atoms with Crippen LogP contribution >= 0.6 is 15.9 Å². The third kappa shape index (κ3) is 6.99. The zero-order valence-electron chi connectivity index (χ0n) is 17.8. The van der Waals surface area contributed by atoms with E-state index in [1.807, 2.05) is 30.3 Å². The maximum absolute atomic E-state index is 12.3. The smallest absolute Gasteiger partial charge is 0.251 e. The Kier molecular flexibility index (Phi) is 8.17. The molecule has 0 saturated heterocycles. The van der Waals surface area contributed by atoms with Crippen molar-refractivity contribution in [1.82, 2.24) is 10.2 Å². The zero-order chi connectivity index (χ0) is 22.3. The highest BCUT2D eigenvalue weighted by Gasteiger charge is 2.16. The first-order valence-electron chi connectivity index (χ1n) is 9.75. The Balaban J connectivity index is 1.77. The van der Waals surface area contributed by atoms with E-state index < -0.39 is 0 Å². The number of benzene rings is 2. The number of rotatable bonds is 7. The highest BCUT2D eigenvalue weighted by Crippen LogP contribution is 2.22. The van der Waals surface area contributed by atoms with Gasteiger partial charge >= 0.3 is 0 Å². The van der Waals surface area contributed by atoms with Crippen molar-refractivity contribution in [3.63, 3.8) is 0 Å². The summed E-state index contributed by atoms with van der Waals surface area (Å²) in [4.78, 5) is 38.0. The molecule has 0 spiro atoms. The molecule has 0 saturated carbocycles. The van der Waals surface area contributed by atoms with Crippen molar-refractivity contribution in [3.05, 3.63) is 64.1 Å². The fourth-order valence-electron chi connectivity index (χ4n) is 2.75. The van der Waals surface area contributed by atoms with Crippen molar-refractivity contribution in [1.29, 1.82) is 0 Å². The minimum absolute atomic E-state index is 0.0227. The molecule has 0 aliphatic rings. The Morgan fingerprint density at radius 3 is 2.23 bits per heavy atom. The van der Waals surface area contributed by atoms with E-state index in [2.05, 4.69) is 47.3 Å². The van der Waals surface area contributed by atoms with Gasteiger partial charge in [0.05, 0.1) is 12.2 Å². The SMILES string of the molecule is CN(CC(=O)Nc1ccccc1Br)C(=O)CCNC(=O)c1ccc(C(C)(C)C)cc1. The molecular formula is C23H28BrN3O3. The van der Waals surface area contributed by atoms with Gasteiger partial charge in [-0.2, -0.15) is 0 Å². The molecule has 160 valence electrons. The number of likely N-dealkylation sites (N-methyl/N-ethyl adjacent to an activating group) is 1. The highest BCUT2D eigenvalue weighted by molar-refractivity contribution is 9.10. The number of anilines is 1. The molecular weight excluding hydrogens is 446 g/mol. The number of para-hydroxylation sites is 1. The van der Waals surface area contributed by atoms with Gasteiger partial charge in [-0.25, -0.2) is 0 Å². The first-order valence-corrected chi connectivity index (χ1v) is 10.5. The molecule has 30 heavy (non-hydrogen) atoms. The predicted molar refractivity (Wildman–Crippen MR) is 123 cm³/mol. The van der Waals surface area contributed by atoms with Gasteiger partial charge in [0.25, 0.3) is 5.91 Å². The second kappa shape index (κ2) is 10.4. The number of hydrogen-bond donors (Lipinski definition) is 2. The lowest BCUT2D eigenvalue weighted by Crippen LogP contribution is -2.37. The molecule has 2 N–H and O–H groups in total. The summed E-state index contributed by atoms with van der Waals surface area (Å²) in [6, 6.07) is 14.7. The van der Waals surface area contributed by atoms with E-state index in [-0.39, 0.29) is 42.6 Å². The van der Waals surface area contributed by atoms with E-state index in [1.54, 1.807) is 25.2 Å². The minimum atomic E-state index is -0.291. The van der Waals surface area contributed by atoms with Crippen LogP contribution < -0.4 is 10.6 Å². The van der Waals surface area contributed by atoms with Crippen molar-refractivity contribution in [2.45, 2.75) is 32.6 Å². The number of carbonyl (C=O) groups is 3. The monoisotopic (exact) mass is 473 g/mol. The Labute approximate surface area is 186 Å². The molecule has 6 nitrogen and oxygen atoms in total. The molecule has 7 heteroatoms. The number of carbonyl (C=O) groups excluding carboxylic acids is 3. The van der Waals surface area contributed by atoms with Crippen LogP contribution in [0.4, 0.5) is 5.69 Å². The summed E-state index contributed by atoms with van der Waals surface area (Å²) in [6.07, 6.45) is 0.116. The quantitative estimate of drug-likeness (QED) is 0.638. The Morgan fingerprint density at radius 1 is 1.00 bits per heavy atom. The van der Waals surface area contributed by atoms with E-state index in [4.69, 9.17) is 0 Å². The zero-order valence-corrected chi connectivity index (χ0v) is 19.4. The number of nitrogens with zero attached hydrogens (tertiary/aromatic N) is 1. The van der Waals surface area contributed by atoms with Crippen molar-refractivity contribution >= 4 is 39.3 Å². The van der Waals surface area contributed by atoms with Crippen LogP contribution in [0.15, 0.2) is 53.0 Å². The van der Waals surface area contributed by atoms with Gasteiger partial charge in [0, 0.05) is 30.0 Å². The van der Waals surface area contributed by atoms with Crippen LogP contribution in [0, 0.1) is 0 Å². The molecule has 0 atom stereocenters. The average Bonchev–Trinajstić information content (AvgIpc) is 2.69. The van der Waals surface area contributed by atoms with Crippen molar-refractivity contribution in [2.24, 2.45) is 0 Å². The van der Waals surface area contributed by atoms with E-state index >= 15 is 0 Å². The largest absolute Gasteiger partial charge is 0.352 e. The summed E-state index contributed by atoms with van der Waals surface area (Å²) < 4.78 is 0.769. The summed E-state index contributed by atoms with van der Waals surface area (Å²) >= 11 is 3.36. The second-order valence-corrected chi connectivity index (χ2v) is 8.97. The molecule has 3 amide bonds. The van der Waals surface area contributed by atoms with Gasteiger partial charge in [0.15, 0.2) is 0 Å². The fourth-order valence-corrected chi connectivity index (χ4v) is 3.14. The Morgan fingerprint density at radius 2 is 1.63 bits per heavy atom. The molecule has 0 unspecified atom stereocenters. The van der Waals surface area contributed by atoms with E-state index in [9.17, 15) is 14.4 Å². The van der Waals surface area contributed by atoms with Gasteiger partial charge in [-0.1, -0.05) is 45.0 Å².